The SMILES string of the molecule is Cc1ccc(NC(=O)CSc2ncnc3sc(C)c(C)c23)c(OCC(F)(F)F)c1. The summed E-state index contributed by atoms with van der Waals surface area (Å²) in [6.07, 6.45) is -3.00. The molecule has 2 heterocycles. The maximum absolute atomic E-state index is 12.5. The van der Waals surface area contributed by atoms with Crippen LogP contribution in [0.5, 0.6) is 5.75 Å². The van der Waals surface area contributed by atoms with E-state index < -0.39 is 12.8 Å². The van der Waals surface area contributed by atoms with Crippen molar-refractivity contribution in [3.8, 4) is 5.75 Å². The van der Waals surface area contributed by atoms with Gasteiger partial charge in [-0.3, -0.25) is 4.79 Å². The summed E-state index contributed by atoms with van der Waals surface area (Å²) < 4.78 is 42.3. The van der Waals surface area contributed by atoms with E-state index in [9.17, 15) is 18.0 Å². The second-order valence-electron chi connectivity index (χ2n) is 6.38. The summed E-state index contributed by atoms with van der Waals surface area (Å²) in [7, 11) is 0. The van der Waals surface area contributed by atoms with E-state index in [1.54, 1.807) is 24.3 Å². The molecular formula is C19H18F3N3O2S2. The minimum atomic E-state index is -4.46. The molecule has 0 aliphatic rings. The molecule has 0 spiro atoms. The van der Waals surface area contributed by atoms with Gasteiger partial charge in [-0.1, -0.05) is 17.8 Å². The van der Waals surface area contributed by atoms with Crippen molar-refractivity contribution < 1.29 is 22.7 Å². The number of hydrogen-bond donors (Lipinski definition) is 1. The molecule has 0 saturated heterocycles. The predicted octanol–water partition coefficient (Wildman–Crippen LogP) is 5.29. The lowest BCUT2D eigenvalue weighted by Gasteiger charge is -2.14. The quantitative estimate of drug-likeness (QED) is 0.416. The Morgan fingerprint density at radius 3 is 2.72 bits per heavy atom. The highest BCUT2D eigenvalue weighted by molar-refractivity contribution is 8.00. The van der Waals surface area contributed by atoms with Gasteiger partial charge in [-0.15, -0.1) is 11.3 Å². The number of nitrogens with one attached hydrogen (secondary N) is 1. The first-order valence-electron chi connectivity index (χ1n) is 8.57. The van der Waals surface area contributed by atoms with E-state index in [1.807, 2.05) is 13.8 Å². The molecule has 5 nitrogen and oxygen atoms in total. The minimum Gasteiger partial charge on any atom is -0.482 e. The van der Waals surface area contributed by atoms with Gasteiger partial charge in [-0.2, -0.15) is 13.2 Å². The number of benzene rings is 1. The monoisotopic (exact) mass is 441 g/mol. The second kappa shape index (κ2) is 8.58. The molecule has 1 aromatic carbocycles. The molecule has 10 heteroatoms. The summed E-state index contributed by atoms with van der Waals surface area (Å²) in [5.41, 5.74) is 2.00. The maximum Gasteiger partial charge on any atom is 0.422 e. The number of halogens is 3. The third kappa shape index (κ3) is 5.39. The zero-order chi connectivity index (χ0) is 21.2. The van der Waals surface area contributed by atoms with Crippen LogP contribution in [0, 0.1) is 20.8 Å². The third-order valence-corrected chi connectivity index (χ3v) is 6.18. The molecule has 0 unspecified atom stereocenters. The summed E-state index contributed by atoms with van der Waals surface area (Å²) in [6.45, 7) is 4.29. The second-order valence-corrected chi connectivity index (χ2v) is 8.55. The molecule has 0 saturated carbocycles. The maximum atomic E-state index is 12.5. The van der Waals surface area contributed by atoms with Crippen LogP contribution < -0.4 is 10.1 Å². The van der Waals surface area contributed by atoms with Gasteiger partial charge in [0.1, 0.15) is 21.9 Å². The number of amides is 1. The number of aromatic nitrogens is 2. The zero-order valence-electron chi connectivity index (χ0n) is 15.9. The summed E-state index contributed by atoms with van der Waals surface area (Å²) in [5, 5.41) is 4.25. The molecule has 1 amide bonds. The van der Waals surface area contributed by atoms with Crippen LogP contribution in [-0.2, 0) is 4.79 Å². The number of thiophene rings is 1. The lowest BCUT2D eigenvalue weighted by atomic mass is 10.2. The van der Waals surface area contributed by atoms with Gasteiger partial charge in [0.05, 0.1) is 11.4 Å². The highest BCUT2D eigenvalue weighted by Crippen LogP contribution is 2.34. The summed E-state index contributed by atoms with van der Waals surface area (Å²) >= 11 is 2.82. The number of aryl methyl sites for hydroxylation is 3. The molecule has 0 atom stereocenters. The lowest BCUT2D eigenvalue weighted by molar-refractivity contribution is -0.153. The number of thioether (sulfide) groups is 1. The number of hydrogen-bond acceptors (Lipinski definition) is 6. The largest absolute Gasteiger partial charge is 0.482 e. The number of ether oxygens (including phenoxy) is 1. The molecule has 0 aliphatic heterocycles. The Labute approximate surface area is 173 Å². The predicted molar refractivity (Wildman–Crippen MR) is 109 cm³/mol. The summed E-state index contributed by atoms with van der Waals surface area (Å²) in [6, 6.07) is 4.67. The third-order valence-electron chi connectivity index (χ3n) is 4.07. The van der Waals surface area contributed by atoms with Crippen LogP contribution in [0.4, 0.5) is 18.9 Å². The average molecular weight is 442 g/mol. The van der Waals surface area contributed by atoms with Crippen LogP contribution in [0.2, 0.25) is 0 Å². The van der Waals surface area contributed by atoms with Crippen molar-refractivity contribution >= 4 is 44.9 Å². The zero-order valence-corrected chi connectivity index (χ0v) is 17.5. The van der Waals surface area contributed by atoms with Gasteiger partial charge in [-0.25, -0.2) is 9.97 Å². The van der Waals surface area contributed by atoms with Crippen LogP contribution in [-0.4, -0.2) is 34.4 Å². The van der Waals surface area contributed by atoms with Crippen molar-refractivity contribution in [1.29, 1.82) is 0 Å². The number of carbonyl (C=O) groups excluding carboxylic acids is 1. The first-order chi connectivity index (χ1) is 13.6. The number of rotatable bonds is 6. The number of fused-ring (bicyclic) bond motifs is 1. The Morgan fingerprint density at radius 2 is 2.00 bits per heavy atom. The topological polar surface area (TPSA) is 64.1 Å². The summed E-state index contributed by atoms with van der Waals surface area (Å²) in [4.78, 5) is 22.9. The molecule has 29 heavy (non-hydrogen) atoms. The number of nitrogens with zero attached hydrogens (tertiary/aromatic N) is 2. The first kappa shape index (κ1) is 21.4. The fourth-order valence-corrected chi connectivity index (χ4v) is 4.51. The van der Waals surface area contributed by atoms with Crippen LogP contribution in [0.1, 0.15) is 16.0 Å². The molecule has 0 fully saturated rings. The van der Waals surface area contributed by atoms with E-state index in [4.69, 9.17) is 4.74 Å². The Morgan fingerprint density at radius 1 is 1.24 bits per heavy atom. The Kier molecular flexibility index (Phi) is 6.33. The molecule has 0 aliphatic carbocycles. The van der Waals surface area contributed by atoms with E-state index in [2.05, 4.69) is 15.3 Å². The van der Waals surface area contributed by atoms with Crippen LogP contribution in [0.15, 0.2) is 29.6 Å². The fraction of sp³-hybridized carbons (Fsp3) is 0.316. The van der Waals surface area contributed by atoms with E-state index in [0.29, 0.717) is 5.03 Å². The number of alkyl halides is 3. The highest BCUT2D eigenvalue weighted by Gasteiger charge is 2.29. The first-order valence-corrected chi connectivity index (χ1v) is 10.4. The Balaban J connectivity index is 1.70. The Hall–Kier alpha value is -2.33. The van der Waals surface area contributed by atoms with E-state index >= 15 is 0 Å². The lowest BCUT2D eigenvalue weighted by Crippen LogP contribution is -2.21. The van der Waals surface area contributed by atoms with E-state index in [-0.39, 0.29) is 23.1 Å². The average Bonchev–Trinajstić information content (AvgIpc) is 2.94. The minimum absolute atomic E-state index is 0.0191. The molecule has 0 bridgehead atoms. The standard InChI is InChI=1S/C19H18F3N3O2S2/c1-10-4-5-13(14(6-10)27-8-19(20,21)22)25-15(26)7-28-17-16-11(2)12(3)29-18(16)24-9-23-17/h4-6,9H,7-8H2,1-3H3,(H,25,26). The van der Waals surface area contributed by atoms with E-state index in [1.165, 1.54) is 30.2 Å². The highest BCUT2D eigenvalue weighted by atomic mass is 32.2. The van der Waals surface area contributed by atoms with Crippen molar-refractivity contribution in [1.82, 2.24) is 9.97 Å². The van der Waals surface area contributed by atoms with E-state index in [0.717, 1.165) is 26.2 Å². The van der Waals surface area contributed by atoms with Gasteiger partial charge in [-0.05, 0) is 44.0 Å². The number of anilines is 1. The van der Waals surface area contributed by atoms with Crippen LogP contribution in [0.25, 0.3) is 10.2 Å². The Bertz CT molecular complexity index is 1050. The van der Waals surface area contributed by atoms with Gasteiger partial charge in [0, 0.05) is 10.3 Å². The molecule has 3 aromatic rings. The number of carbonyl (C=O) groups is 1. The molecular weight excluding hydrogens is 423 g/mol. The summed E-state index contributed by atoms with van der Waals surface area (Å²) in [5.74, 6) is -0.339. The van der Waals surface area contributed by atoms with Gasteiger partial charge < -0.3 is 10.1 Å². The van der Waals surface area contributed by atoms with Gasteiger partial charge in [0.15, 0.2) is 6.61 Å². The van der Waals surface area contributed by atoms with Crippen molar-refractivity contribution in [3.05, 3.63) is 40.5 Å². The fourth-order valence-electron chi connectivity index (χ4n) is 2.59. The molecule has 2 aromatic heterocycles. The van der Waals surface area contributed by atoms with Crippen molar-refractivity contribution in [3.63, 3.8) is 0 Å². The van der Waals surface area contributed by atoms with Crippen molar-refractivity contribution in [2.45, 2.75) is 32.0 Å². The molecule has 1 N–H and O–H groups in total. The smallest absolute Gasteiger partial charge is 0.422 e. The van der Waals surface area contributed by atoms with Crippen LogP contribution in [0.3, 0.4) is 0 Å². The normalized spacial score (nSPS) is 11.7. The van der Waals surface area contributed by atoms with Crippen LogP contribution >= 0.6 is 23.1 Å². The molecule has 3 rings (SSSR count). The van der Waals surface area contributed by atoms with Crippen molar-refractivity contribution in [2.24, 2.45) is 0 Å². The molecule has 154 valence electrons. The van der Waals surface area contributed by atoms with Crippen molar-refractivity contribution in [2.75, 3.05) is 17.7 Å². The van der Waals surface area contributed by atoms with Gasteiger partial charge in [0.2, 0.25) is 5.91 Å². The van der Waals surface area contributed by atoms with Gasteiger partial charge in [0.25, 0.3) is 0 Å². The van der Waals surface area contributed by atoms with Gasteiger partial charge >= 0.3 is 6.18 Å². The molecule has 0 radical (unpaired) electrons.